The number of hydrogen-bond donors (Lipinski definition) is 1. The van der Waals surface area contributed by atoms with E-state index in [0.29, 0.717) is 48.4 Å². The first-order valence-corrected chi connectivity index (χ1v) is 13.9. The van der Waals surface area contributed by atoms with Crippen LogP contribution in [0, 0.1) is 10.5 Å². The molecule has 1 N–H and O–H groups in total. The average molecular weight is 651 g/mol. The number of benzene rings is 4. The first-order valence-electron chi connectivity index (χ1n) is 12.8. The van der Waals surface area contributed by atoms with Crippen LogP contribution in [0.2, 0.25) is 0 Å². The van der Waals surface area contributed by atoms with Crippen molar-refractivity contribution in [3.63, 3.8) is 0 Å². The van der Waals surface area contributed by atoms with Crippen LogP contribution in [0.25, 0.3) is 0 Å². The molecule has 0 unspecified atom stereocenters. The van der Waals surface area contributed by atoms with Gasteiger partial charge in [0.25, 0.3) is 5.91 Å². The quantitative estimate of drug-likeness (QED) is 0.102. The van der Waals surface area contributed by atoms with E-state index >= 15 is 0 Å². The number of carbonyl (C=O) groups excluding carboxylic acids is 1. The molecule has 4 rings (SSSR count). The Morgan fingerprint density at radius 3 is 2.30 bits per heavy atom. The Balaban J connectivity index is 1.40. The van der Waals surface area contributed by atoms with Crippen molar-refractivity contribution in [2.75, 3.05) is 13.7 Å². The van der Waals surface area contributed by atoms with Gasteiger partial charge >= 0.3 is 0 Å². The number of hydrogen-bond acceptors (Lipinski definition) is 6. The lowest BCUT2D eigenvalue weighted by molar-refractivity contribution is 0.0954. The van der Waals surface area contributed by atoms with Gasteiger partial charge in [0.2, 0.25) is 0 Å². The maximum atomic E-state index is 12.8. The van der Waals surface area contributed by atoms with Crippen LogP contribution in [-0.2, 0) is 13.2 Å². The third-order valence-electron chi connectivity index (χ3n) is 5.88. The van der Waals surface area contributed by atoms with Gasteiger partial charge in [0.1, 0.15) is 13.2 Å². The molecule has 8 heteroatoms. The van der Waals surface area contributed by atoms with Gasteiger partial charge in [-0.05, 0) is 83.5 Å². The summed E-state index contributed by atoms with van der Waals surface area (Å²) >= 11 is 2.22. The lowest BCUT2D eigenvalue weighted by Gasteiger charge is -2.15. The summed E-state index contributed by atoms with van der Waals surface area (Å²) in [7, 11) is 1.54. The molecular weight excluding hydrogens is 619 g/mol. The first-order chi connectivity index (χ1) is 19.5. The van der Waals surface area contributed by atoms with Crippen LogP contribution < -0.4 is 24.4 Å². The van der Waals surface area contributed by atoms with Crippen molar-refractivity contribution in [3.05, 3.63) is 116 Å². The molecule has 0 aliphatic rings. The SMILES string of the molecule is CCOc1cc(/C=N/NC(=O)c2ccc(OCc3ccccc3)c(OC)c2)cc(I)c1OCc1ccc(C)cc1. The zero-order chi connectivity index (χ0) is 28.3. The Labute approximate surface area is 248 Å². The highest BCUT2D eigenvalue weighted by molar-refractivity contribution is 14.1. The number of methoxy groups -OCH3 is 1. The minimum Gasteiger partial charge on any atom is -0.493 e. The smallest absolute Gasteiger partial charge is 0.271 e. The normalized spacial score (nSPS) is 10.8. The summed E-state index contributed by atoms with van der Waals surface area (Å²) in [5, 5.41) is 4.15. The predicted octanol–water partition coefficient (Wildman–Crippen LogP) is 6.93. The summed E-state index contributed by atoms with van der Waals surface area (Å²) < 4.78 is 24.1. The number of nitrogens with one attached hydrogen (secondary N) is 1. The highest BCUT2D eigenvalue weighted by atomic mass is 127. The second kappa shape index (κ2) is 14.4. The minimum absolute atomic E-state index is 0.373. The zero-order valence-corrected chi connectivity index (χ0v) is 24.8. The fraction of sp³-hybridized carbons (Fsp3) is 0.188. The van der Waals surface area contributed by atoms with Gasteiger partial charge in [-0.1, -0.05) is 60.2 Å². The van der Waals surface area contributed by atoms with Crippen LogP contribution in [-0.4, -0.2) is 25.8 Å². The van der Waals surface area contributed by atoms with E-state index in [1.807, 2.05) is 61.5 Å². The molecule has 0 aliphatic carbocycles. The lowest BCUT2D eigenvalue weighted by atomic mass is 10.1. The van der Waals surface area contributed by atoms with E-state index in [-0.39, 0.29) is 5.91 Å². The van der Waals surface area contributed by atoms with Crippen molar-refractivity contribution in [3.8, 4) is 23.0 Å². The number of halogens is 1. The second-order valence-electron chi connectivity index (χ2n) is 8.88. The van der Waals surface area contributed by atoms with Gasteiger partial charge in [-0.25, -0.2) is 5.43 Å². The number of aryl methyl sites for hydroxylation is 1. The third kappa shape index (κ3) is 7.98. The molecule has 0 bridgehead atoms. The van der Waals surface area contributed by atoms with Crippen molar-refractivity contribution in [1.82, 2.24) is 5.43 Å². The number of rotatable bonds is 12. The molecule has 0 fully saturated rings. The molecule has 206 valence electrons. The van der Waals surface area contributed by atoms with E-state index in [9.17, 15) is 4.79 Å². The molecule has 0 atom stereocenters. The number of amides is 1. The summed E-state index contributed by atoms with van der Waals surface area (Å²) in [5.41, 5.74) is 7.04. The molecule has 1 amide bonds. The van der Waals surface area contributed by atoms with E-state index in [1.165, 1.54) is 12.7 Å². The minimum atomic E-state index is -0.373. The fourth-order valence-electron chi connectivity index (χ4n) is 3.80. The standard InChI is InChI=1S/C32H31IN2O5/c1-4-38-30-17-25(16-27(33)31(30)40-21-24-12-10-22(2)11-13-24)19-34-35-32(36)26-14-15-28(29(18-26)37-3)39-20-23-8-6-5-7-9-23/h5-19H,4,20-21H2,1-3H3,(H,35,36)/b34-19+. The van der Waals surface area contributed by atoms with Crippen molar-refractivity contribution in [1.29, 1.82) is 0 Å². The molecular formula is C32H31IN2O5. The van der Waals surface area contributed by atoms with Gasteiger partial charge in [-0.15, -0.1) is 0 Å². The molecule has 0 spiro atoms. The molecule has 4 aromatic rings. The highest BCUT2D eigenvalue weighted by Crippen LogP contribution is 2.34. The van der Waals surface area contributed by atoms with Crippen LogP contribution >= 0.6 is 22.6 Å². The van der Waals surface area contributed by atoms with Gasteiger partial charge in [-0.3, -0.25) is 4.79 Å². The summed E-state index contributed by atoms with van der Waals surface area (Å²) in [6.07, 6.45) is 1.57. The highest BCUT2D eigenvalue weighted by Gasteiger charge is 2.14. The Morgan fingerprint density at radius 2 is 1.57 bits per heavy atom. The lowest BCUT2D eigenvalue weighted by Crippen LogP contribution is -2.17. The largest absolute Gasteiger partial charge is 0.493 e. The maximum Gasteiger partial charge on any atom is 0.271 e. The van der Waals surface area contributed by atoms with Gasteiger partial charge in [0.05, 0.1) is 23.5 Å². The monoisotopic (exact) mass is 650 g/mol. The topological polar surface area (TPSA) is 78.4 Å². The number of carbonyl (C=O) groups is 1. The predicted molar refractivity (Wildman–Crippen MR) is 165 cm³/mol. The van der Waals surface area contributed by atoms with Crippen LogP contribution in [0.1, 0.15) is 39.5 Å². The van der Waals surface area contributed by atoms with E-state index in [2.05, 4.69) is 52.2 Å². The Kier molecular flexibility index (Phi) is 10.4. The van der Waals surface area contributed by atoms with Gasteiger partial charge in [-0.2, -0.15) is 5.10 Å². The molecule has 0 saturated carbocycles. The van der Waals surface area contributed by atoms with E-state index in [0.717, 1.165) is 20.3 Å². The summed E-state index contributed by atoms with van der Waals surface area (Å²) in [4.78, 5) is 12.8. The van der Waals surface area contributed by atoms with Crippen molar-refractivity contribution >= 4 is 34.7 Å². The molecule has 0 aromatic heterocycles. The Hall–Kier alpha value is -4.05. The number of ether oxygens (including phenoxy) is 4. The Bertz CT molecular complexity index is 1460. The van der Waals surface area contributed by atoms with Crippen molar-refractivity contribution < 1.29 is 23.7 Å². The molecule has 40 heavy (non-hydrogen) atoms. The molecule has 4 aromatic carbocycles. The van der Waals surface area contributed by atoms with Crippen molar-refractivity contribution in [2.24, 2.45) is 5.10 Å². The second-order valence-corrected chi connectivity index (χ2v) is 10.0. The third-order valence-corrected chi connectivity index (χ3v) is 6.68. The van der Waals surface area contributed by atoms with E-state index in [4.69, 9.17) is 18.9 Å². The van der Waals surface area contributed by atoms with Gasteiger partial charge < -0.3 is 18.9 Å². The first kappa shape index (κ1) is 28.9. The Morgan fingerprint density at radius 1 is 0.850 bits per heavy atom. The zero-order valence-electron chi connectivity index (χ0n) is 22.6. The van der Waals surface area contributed by atoms with Crippen LogP contribution in [0.3, 0.4) is 0 Å². The van der Waals surface area contributed by atoms with Crippen LogP contribution in [0.15, 0.2) is 90.0 Å². The molecule has 0 aliphatic heterocycles. The molecule has 0 heterocycles. The average Bonchev–Trinajstić information content (AvgIpc) is 2.97. The molecule has 7 nitrogen and oxygen atoms in total. The van der Waals surface area contributed by atoms with Crippen LogP contribution in [0.5, 0.6) is 23.0 Å². The van der Waals surface area contributed by atoms with Gasteiger partial charge in [0, 0.05) is 5.56 Å². The summed E-state index contributed by atoms with van der Waals surface area (Å²) in [6.45, 7) is 5.29. The number of nitrogens with zero attached hydrogens (tertiary/aromatic N) is 1. The van der Waals surface area contributed by atoms with Crippen LogP contribution in [0.4, 0.5) is 0 Å². The molecule has 0 saturated heterocycles. The summed E-state index contributed by atoms with van der Waals surface area (Å²) in [5.74, 6) is 1.93. The fourth-order valence-corrected chi connectivity index (χ4v) is 4.58. The van der Waals surface area contributed by atoms with Crippen molar-refractivity contribution in [2.45, 2.75) is 27.1 Å². The van der Waals surface area contributed by atoms with E-state index in [1.54, 1.807) is 24.4 Å². The maximum absolute atomic E-state index is 12.8. The number of hydrazone groups is 1. The molecule has 0 radical (unpaired) electrons. The van der Waals surface area contributed by atoms with Gasteiger partial charge in [0.15, 0.2) is 23.0 Å². The summed E-state index contributed by atoms with van der Waals surface area (Å²) in [6, 6.07) is 26.8. The van der Waals surface area contributed by atoms with E-state index < -0.39 is 0 Å².